The van der Waals surface area contributed by atoms with Crippen molar-refractivity contribution < 1.29 is 24.5 Å². The van der Waals surface area contributed by atoms with Crippen molar-refractivity contribution in [3.05, 3.63) is 121 Å². The van der Waals surface area contributed by atoms with Crippen LogP contribution < -0.4 is 0 Å². The summed E-state index contributed by atoms with van der Waals surface area (Å²) in [5, 5.41) is 0. The molecule has 0 atom stereocenters. The molecule has 1 aliphatic heterocycles. The number of aromatic nitrogens is 3. The van der Waals surface area contributed by atoms with Crippen molar-refractivity contribution >= 4 is 0 Å². The van der Waals surface area contributed by atoms with Gasteiger partial charge in [-0.1, -0.05) is 30.3 Å². The summed E-state index contributed by atoms with van der Waals surface area (Å²) in [4.78, 5) is 8.64. The normalized spacial score (nSPS) is 11.3. The quantitative estimate of drug-likeness (QED) is 0.221. The molecule has 0 aliphatic carbocycles. The van der Waals surface area contributed by atoms with Crippen molar-refractivity contribution in [1.82, 2.24) is 14.5 Å². The van der Waals surface area contributed by atoms with E-state index in [1.54, 1.807) is 12.3 Å². The molecule has 0 spiro atoms. The molecule has 3 aromatic carbocycles. The summed E-state index contributed by atoms with van der Waals surface area (Å²) in [6.07, 6.45) is 6.54. The minimum atomic E-state index is -0.270. The zero-order valence-corrected chi connectivity index (χ0v) is 20.1. The van der Waals surface area contributed by atoms with Gasteiger partial charge in [0.25, 0.3) is 0 Å². The van der Waals surface area contributed by atoms with Crippen molar-refractivity contribution in [3.63, 3.8) is 0 Å². The van der Waals surface area contributed by atoms with E-state index in [1.165, 1.54) is 17.2 Å². The van der Waals surface area contributed by atoms with Gasteiger partial charge in [0, 0.05) is 50.8 Å². The minimum absolute atomic E-state index is 0. The molecule has 0 saturated heterocycles. The van der Waals surface area contributed by atoms with Crippen LogP contribution in [0.3, 0.4) is 0 Å². The molecule has 6 rings (SSSR count). The van der Waals surface area contributed by atoms with Gasteiger partial charge in [-0.25, -0.2) is 4.39 Å². The number of aryl methyl sites for hydroxylation is 2. The van der Waals surface area contributed by atoms with E-state index < -0.39 is 0 Å². The van der Waals surface area contributed by atoms with Gasteiger partial charge < -0.3 is 9.55 Å². The van der Waals surface area contributed by atoms with Gasteiger partial charge in [0.15, 0.2) is 0 Å². The fraction of sp³-hybridized carbons (Fsp3) is 0.0714. The number of nitrogens with zero attached hydrogens (tertiary/aromatic N) is 3. The summed E-state index contributed by atoms with van der Waals surface area (Å²) in [7, 11) is 0. The maximum atomic E-state index is 14.2. The first-order valence-corrected chi connectivity index (χ1v) is 10.5. The molecule has 3 heterocycles. The second-order valence-electron chi connectivity index (χ2n) is 7.46. The van der Waals surface area contributed by atoms with Gasteiger partial charge in [-0.3, -0.25) is 4.98 Å². The summed E-state index contributed by atoms with van der Waals surface area (Å²) in [6.45, 7) is 1.04. The van der Waals surface area contributed by atoms with Crippen LogP contribution in [0.5, 0.6) is 0 Å². The Bertz CT molecular complexity index is 1330. The standard InChI is InChI=1S/C17H11FN.C11H9N2.Ir/c18-16-11-17(14-9-5-2-6-10-14)19-12-15(16)13-7-3-1-4-8-13;1-2-4-10-9(3-1)5-7-13-8-6-12-11(10)13;/h1-9,11-12H;1-3,6,8H,5,7H2;/q2*-1;. The summed E-state index contributed by atoms with van der Waals surface area (Å²) in [5.74, 6) is 0.787. The average Bonchev–Trinajstić information content (AvgIpc) is 3.35. The molecule has 1 aliphatic rings. The van der Waals surface area contributed by atoms with Crippen LogP contribution in [-0.2, 0) is 33.1 Å². The number of pyridine rings is 1. The molecule has 0 bridgehead atoms. The monoisotopic (exact) mass is 610 g/mol. The molecule has 0 amide bonds. The van der Waals surface area contributed by atoms with E-state index in [9.17, 15) is 4.39 Å². The topological polar surface area (TPSA) is 30.7 Å². The van der Waals surface area contributed by atoms with E-state index in [4.69, 9.17) is 0 Å². The fourth-order valence-electron chi connectivity index (χ4n) is 3.81. The first kappa shape index (κ1) is 22.8. The zero-order chi connectivity index (χ0) is 21.8. The van der Waals surface area contributed by atoms with Gasteiger partial charge in [-0.2, -0.15) is 0 Å². The third-order valence-electron chi connectivity index (χ3n) is 5.43. The molecular weight excluding hydrogens is 590 g/mol. The van der Waals surface area contributed by atoms with Crippen LogP contribution in [0.1, 0.15) is 5.56 Å². The van der Waals surface area contributed by atoms with Gasteiger partial charge in [0.05, 0.1) is 5.82 Å². The SMILES string of the molecule is Fc1cc(-c2[c-]cccc2)ncc1-c1ccccc1.[Ir].[c-]1cccc2c1-c1nccn1CC2. The number of halogens is 1. The van der Waals surface area contributed by atoms with Crippen LogP contribution in [0.15, 0.2) is 97.5 Å². The van der Waals surface area contributed by atoms with Crippen molar-refractivity contribution in [2.75, 3.05) is 0 Å². The van der Waals surface area contributed by atoms with E-state index in [0.29, 0.717) is 11.3 Å². The fourth-order valence-corrected chi connectivity index (χ4v) is 3.81. The van der Waals surface area contributed by atoms with Crippen LogP contribution in [0.2, 0.25) is 0 Å². The van der Waals surface area contributed by atoms with E-state index >= 15 is 0 Å². The van der Waals surface area contributed by atoms with Crippen LogP contribution in [-0.4, -0.2) is 14.5 Å². The predicted molar refractivity (Wildman–Crippen MR) is 124 cm³/mol. The maximum absolute atomic E-state index is 14.2. The Labute approximate surface area is 206 Å². The minimum Gasteiger partial charge on any atom is -0.371 e. The smallest absolute Gasteiger partial charge is 0.125 e. The summed E-state index contributed by atoms with van der Waals surface area (Å²) in [6, 6.07) is 30.7. The predicted octanol–water partition coefficient (Wildman–Crippen LogP) is 6.26. The third kappa shape index (κ3) is 5.00. The Morgan fingerprint density at radius 1 is 0.879 bits per heavy atom. The Morgan fingerprint density at radius 3 is 2.48 bits per heavy atom. The number of benzene rings is 3. The Hall–Kier alpha value is -3.40. The summed E-state index contributed by atoms with van der Waals surface area (Å²) in [5.41, 5.74) is 5.26. The van der Waals surface area contributed by atoms with Crippen molar-refractivity contribution in [3.8, 4) is 33.8 Å². The van der Waals surface area contributed by atoms with Crippen LogP contribution in [0.4, 0.5) is 4.39 Å². The van der Waals surface area contributed by atoms with Crippen molar-refractivity contribution in [2.45, 2.75) is 13.0 Å². The van der Waals surface area contributed by atoms with Gasteiger partial charge in [0.2, 0.25) is 0 Å². The number of fused-ring (bicyclic) bond motifs is 3. The number of imidazole rings is 1. The van der Waals surface area contributed by atoms with Gasteiger partial charge >= 0.3 is 0 Å². The average molecular weight is 610 g/mol. The van der Waals surface area contributed by atoms with E-state index in [1.807, 2.05) is 73.1 Å². The summed E-state index contributed by atoms with van der Waals surface area (Å²) >= 11 is 0. The Kier molecular flexibility index (Phi) is 7.23. The molecule has 0 fully saturated rings. The molecule has 0 unspecified atom stereocenters. The molecule has 1 radical (unpaired) electrons. The Morgan fingerprint density at radius 2 is 1.70 bits per heavy atom. The molecule has 33 heavy (non-hydrogen) atoms. The van der Waals surface area contributed by atoms with Crippen molar-refractivity contribution in [2.24, 2.45) is 0 Å². The second-order valence-corrected chi connectivity index (χ2v) is 7.46. The van der Waals surface area contributed by atoms with Crippen molar-refractivity contribution in [1.29, 1.82) is 0 Å². The van der Waals surface area contributed by atoms with Crippen LogP contribution in [0.25, 0.3) is 33.8 Å². The second kappa shape index (κ2) is 10.5. The molecule has 165 valence electrons. The number of hydrogen-bond acceptors (Lipinski definition) is 2. The molecule has 5 aromatic rings. The molecular formula is C28H20FIrN3-2. The van der Waals surface area contributed by atoms with E-state index in [2.05, 4.69) is 32.7 Å². The molecule has 3 nitrogen and oxygen atoms in total. The molecule has 0 N–H and O–H groups in total. The Balaban J connectivity index is 0.000000162. The number of rotatable bonds is 2. The van der Waals surface area contributed by atoms with E-state index in [0.717, 1.165) is 29.9 Å². The first-order chi connectivity index (χ1) is 15.8. The van der Waals surface area contributed by atoms with Gasteiger partial charge in [-0.15, -0.1) is 71.3 Å². The molecule has 0 saturated carbocycles. The largest absolute Gasteiger partial charge is 0.371 e. The zero-order valence-electron chi connectivity index (χ0n) is 17.7. The number of hydrogen-bond donors (Lipinski definition) is 0. The van der Waals surface area contributed by atoms with Crippen LogP contribution >= 0.6 is 0 Å². The maximum Gasteiger partial charge on any atom is 0.125 e. The molecule has 2 aromatic heterocycles. The van der Waals surface area contributed by atoms with Gasteiger partial charge in [0.1, 0.15) is 5.82 Å². The van der Waals surface area contributed by atoms with Gasteiger partial charge in [-0.05, 0) is 23.7 Å². The van der Waals surface area contributed by atoms with E-state index in [-0.39, 0.29) is 25.9 Å². The first-order valence-electron chi connectivity index (χ1n) is 10.5. The molecule has 5 heteroatoms. The summed E-state index contributed by atoms with van der Waals surface area (Å²) < 4.78 is 16.3. The third-order valence-corrected chi connectivity index (χ3v) is 5.43. The van der Waals surface area contributed by atoms with Crippen LogP contribution in [0, 0.1) is 17.9 Å².